The molecule has 0 amide bonds. The number of likely N-dealkylation sites (tertiary alicyclic amines) is 1. The summed E-state index contributed by atoms with van der Waals surface area (Å²) < 4.78 is 0. The molecule has 1 aromatic heterocycles. The number of nitrogens with two attached hydrogens (primary N) is 1. The van der Waals surface area contributed by atoms with E-state index in [2.05, 4.69) is 39.0 Å². The lowest BCUT2D eigenvalue weighted by Crippen LogP contribution is -2.37. The first kappa shape index (κ1) is 15.5. The van der Waals surface area contributed by atoms with Crippen molar-refractivity contribution >= 4 is 17.5 Å². The molecule has 1 aromatic rings. The molecule has 1 unspecified atom stereocenters. The van der Waals surface area contributed by atoms with Crippen LogP contribution in [-0.2, 0) is 0 Å². The van der Waals surface area contributed by atoms with Gasteiger partial charge in [-0.15, -0.1) is 0 Å². The third-order valence-electron chi connectivity index (χ3n) is 3.97. The molecule has 0 radical (unpaired) electrons. The van der Waals surface area contributed by atoms with Crippen molar-refractivity contribution < 1.29 is 0 Å². The van der Waals surface area contributed by atoms with Crippen molar-refractivity contribution in [3.63, 3.8) is 0 Å². The lowest BCUT2D eigenvalue weighted by atomic mass is 10.2. The molecule has 4 N–H and O–H groups in total. The van der Waals surface area contributed by atoms with Gasteiger partial charge in [0.05, 0.1) is 6.42 Å². The molecule has 1 saturated heterocycles. The predicted octanol–water partition coefficient (Wildman–Crippen LogP) is 1.10. The van der Waals surface area contributed by atoms with Crippen LogP contribution in [0.2, 0.25) is 0 Å². The Hall–Kier alpha value is -1.89. The number of aromatic nitrogens is 2. The molecule has 1 aliphatic heterocycles. The zero-order valence-electron chi connectivity index (χ0n) is 13.1. The van der Waals surface area contributed by atoms with Gasteiger partial charge in [0.2, 0.25) is 0 Å². The summed E-state index contributed by atoms with van der Waals surface area (Å²) in [6.07, 6.45) is 1.47. The van der Waals surface area contributed by atoms with Gasteiger partial charge >= 0.3 is 0 Å². The summed E-state index contributed by atoms with van der Waals surface area (Å²) in [6.45, 7) is 6.93. The van der Waals surface area contributed by atoms with Crippen molar-refractivity contribution in [1.82, 2.24) is 20.0 Å². The van der Waals surface area contributed by atoms with Crippen molar-refractivity contribution in [2.24, 2.45) is 10.7 Å². The average molecular weight is 291 g/mol. The fourth-order valence-electron chi connectivity index (χ4n) is 2.54. The second kappa shape index (κ2) is 6.71. The van der Waals surface area contributed by atoms with E-state index in [9.17, 15) is 0 Å². The standard InChI is InChI=1S/C14H25N7/c1-4-20(3)11-5-6-21(9-11)13(16)8-12(15)17-14-7-10(2)18-19-14/h7,11,16H,4-6,8-9H2,1-3H3,(H3,15,17,18,19). The number of aryl methyl sites for hydroxylation is 1. The van der Waals surface area contributed by atoms with E-state index in [4.69, 9.17) is 11.1 Å². The quantitative estimate of drug-likeness (QED) is 0.559. The molecule has 0 saturated carbocycles. The molecule has 116 valence electrons. The summed E-state index contributed by atoms with van der Waals surface area (Å²) in [5.74, 6) is 1.54. The summed E-state index contributed by atoms with van der Waals surface area (Å²) in [6, 6.07) is 2.36. The molecule has 2 heterocycles. The largest absolute Gasteiger partial charge is 0.387 e. The molecule has 21 heavy (non-hydrogen) atoms. The highest BCUT2D eigenvalue weighted by molar-refractivity contribution is 6.01. The van der Waals surface area contributed by atoms with E-state index in [1.165, 1.54) is 0 Å². The number of nitrogens with one attached hydrogen (secondary N) is 2. The summed E-state index contributed by atoms with van der Waals surface area (Å²) in [7, 11) is 2.13. The zero-order valence-corrected chi connectivity index (χ0v) is 13.1. The SMILES string of the molecule is CCN(C)C1CCN(C(=N)CC(N)=Nc2cc(C)[nH]n2)C1. The summed E-state index contributed by atoms with van der Waals surface area (Å²) in [4.78, 5) is 8.66. The van der Waals surface area contributed by atoms with Crippen molar-refractivity contribution in [1.29, 1.82) is 5.41 Å². The van der Waals surface area contributed by atoms with E-state index in [0.717, 1.165) is 31.7 Å². The van der Waals surface area contributed by atoms with Crippen LogP contribution in [0.5, 0.6) is 0 Å². The first-order valence-electron chi connectivity index (χ1n) is 7.37. The third-order valence-corrected chi connectivity index (χ3v) is 3.97. The number of amidine groups is 2. The smallest absolute Gasteiger partial charge is 0.175 e. The number of hydrogen-bond donors (Lipinski definition) is 3. The Morgan fingerprint density at radius 1 is 1.67 bits per heavy atom. The first-order valence-corrected chi connectivity index (χ1v) is 7.37. The van der Waals surface area contributed by atoms with Gasteiger partial charge in [-0.2, -0.15) is 5.10 Å². The Morgan fingerprint density at radius 2 is 2.43 bits per heavy atom. The van der Waals surface area contributed by atoms with Gasteiger partial charge in [-0.3, -0.25) is 10.5 Å². The minimum absolute atomic E-state index is 0.370. The van der Waals surface area contributed by atoms with Crippen molar-refractivity contribution in [2.45, 2.75) is 32.7 Å². The van der Waals surface area contributed by atoms with Crippen LogP contribution in [0.15, 0.2) is 11.1 Å². The van der Waals surface area contributed by atoms with Gasteiger partial charge in [-0.1, -0.05) is 6.92 Å². The molecular weight excluding hydrogens is 266 g/mol. The Labute approximate surface area is 125 Å². The molecule has 7 heteroatoms. The van der Waals surface area contributed by atoms with E-state index in [1.807, 2.05) is 13.0 Å². The summed E-state index contributed by atoms with van der Waals surface area (Å²) in [5, 5.41) is 15.0. The first-order chi connectivity index (χ1) is 9.99. The normalized spacial score (nSPS) is 19.5. The van der Waals surface area contributed by atoms with E-state index >= 15 is 0 Å². The molecule has 2 rings (SSSR count). The second-order valence-corrected chi connectivity index (χ2v) is 5.60. The number of aliphatic imine (C=N–C) groups is 1. The van der Waals surface area contributed by atoms with Crippen LogP contribution in [0.25, 0.3) is 0 Å². The number of nitrogens with zero attached hydrogens (tertiary/aromatic N) is 4. The Kier molecular flexibility index (Phi) is 4.95. The molecule has 0 aliphatic carbocycles. The topological polar surface area (TPSA) is 97.4 Å². The Bertz CT molecular complexity index is 519. The Morgan fingerprint density at radius 3 is 3.05 bits per heavy atom. The van der Waals surface area contributed by atoms with E-state index in [0.29, 0.717) is 30.0 Å². The fraction of sp³-hybridized carbons (Fsp3) is 0.643. The number of aromatic amines is 1. The zero-order chi connectivity index (χ0) is 15.4. The van der Waals surface area contributed by atoms with Crippen LogP contribution >= 0.6 is 0 Å². The van der Waals surface area contributed by atoms with Gasteiger partial charge in [0.25, 0.3) is 0 Å². The highest BCUT2D eigenvalue weighted by atomic mass is 15.3. The lowest BCUT2D eigenvalue weighted by molar-refractivity contribution is 0.261. The van der Waals surface area contributed by atoms with Gasteiger partial charge in [0.15, 0.2) is 5.82 Å². The Balaban J connectivity index is 1.88. The lowest BCUT2D eigenvalue weighted by Gasteiger charge is -2.24. The molecule has 1 fully saturated rings. The van der Waals surface area contributed by atoms with E-state index in [-0.39, 0.29) is 0 Å². The van der Waals surface area contributed by atoms with Crippen LogP contribution in [0.1, 0.15) is 25.5 Å². The monoisotopic (exact) mass is 291 g/mol. The third kappa shape index (κ3) is 4.04. The number of likely N-dealkylation sites (N-methyl/N-ethyl adjacent to an activating group) is 1. The predicted molar refractivity (Wildman–Crippen MR) is 85.2 cm³/mol. The van der Waals surface area contributed by atoms with Crippen molar-refractivity contribution in [3.8, 4) is 0 Å². The van der Waals surface area contributed by atoms with E-state index < -0.39 is 0 Å². The molecule has 0 aromatic carbocycles. The van der Waals surface area contributed by atoms with Gasteiger partial charge in [-0.05, 0) is 26.9 Å². The van der Waals surface area contributed by atoms with Gasteiger partial charge < -0.3 is 15.5 Å². The van der Waals surface area contributed by atoms with Gasteiger partial charge in [0, 0.05) is 30.9 Å². The van der Waals surface area contributed by atoms with Crippen LogP contribution < -0.4 is 5.73 Å². The molecule has 7 nitrogen and oxygen atoms in total. The molecule has 0 bridgehead atoms. The molecule has 1 aliphatic rings. The minimum atomic E-state index is 0.370. The fourth-order valence-corrected chi connectivity index (χ4v) is 2.54. The number of rotatable bonds is 5. The van der Waals surface area contributed by atoms with Crippen LogP contribution in [0, 0.1) is 12.3 Å². The highest BCUT2D eigenvalue weighted by Crippen LogP contribution is 2.16. The maximum atomic E-state index is 8.19. The van der Waals surface area contributed by atoms with Crippen molar-refractivity contribution in [2.75, 3.05) is 26.7 Å². The van der Waals surface area contributed by atoms with Gasteiger partial charge in [0.1, 0.15) is 11.7 Å². The second-order valence-electron chi connectivity index (χ2n) is 5.60. The molecule has 1 atom stereocenters. The molecule has 0 spiro atoms. The van der Waals surface area contributed by atoms with E-state index in [1.54, 1.807) is 0 Å². The van der Waals surface area contributed by atoms with Crippen molar-refractivity contribution in [3.05, 3.63) is 11.8 Å². The minimum Gasteiger partial charge on any atom is -0.387 e. The maximum absolute atomic E-state index is 8.19. The summed E-state index contributed by atoms with van der Waals surface area (Å²) >= 11 is 0. The number of H-pyrrole nitrogens is 1. The highest BCUT2D eigenvalue weighted by Gasteiger charge is 2.26. The van der Waals surface area contributed by atoms with Crippen LogP contribution in [0.3, 0.4) is 0 Å². The van der Waals surface area contributed by atoms with Gasteiger partial charge in [-0.25, -0.2) is 4.99 Å². The van der Waals surface area contributed by atoms with Crippen LogP contribution in [0.4, 0.5) is 5.82 Å². The number of hydrogen-bond acceptors (Lipinski definition) is 4. The summed E-state index contributed by atoms with van der Waals surface area (Å²) in [5.41, 5.74) is 6.87. The molecular formula is C14H25N7. The van der Waals surface area contributed by atoms with Crippen LogP contribution in [-0.4, -0.2) is 64.4 Å². The average Bonchev–Trinajstić information content (AvgIpc) is 3.07. The maximum Gasteiger partial charge on any atom is 0.175 e.